The van der Waals surface area contributed by atoms with Crippen molar-refractivity contribution in [2.45, 2.75) is 16.6 Å². The molecule has 0 radical (unpaired) electrons. The van der Waals surface area contributed by atoms with E-state index in [9.17, 15) is 26.3 Å². The molecule has 3 aromatic rings. The first-order valence-electron chi connectivity index (χ1n) is 6.66. The molecule has 0 aliphatic carbocycles. The zero-order valence-corrected chi connectivity index (χ0v) is 13.2. The molecule has 11 heteroatoms. The number of hydrogen-bond donors (Lipinski definition) is 0. The molecule has 0 atom stereocenters. The van der Waals surface area contributed by atoms with Crippen LogP contribution in [0.25, 0.3) is 22.6 Å². The predicted octanol–water partition coefficient (Wildman–Crippen LogP) is 4.66. The first-order chi connectivity index (χ1) is 11.6. The molecule has 3 heterocycles. The standard InChI is InChI=1S/C14H8F6N4S/c1-24-11(8-2-3-21-6-10(8)25-14(18,19)20)23-9-4-7(13(15,16)17)5-22-12(9)24/h2-6H,1H3. The second-order valence-electron chi connectivity index (χ2n) is 4.98. The Morgan fingerprint density at radius 2 is 1.80 bits per heavy atom. The summed E-state index contributed by atoms with van der Waals surface area (Å²) < 4.78 is 77.8. The third-order valence-corrected chi connectivity index (χ3v) is 4.06. The van der Waals surface area contributed by atoms with Gasteiger partial charge in [0.1, 0.15) is 11.3 Å². The monoisotopic (exact) mass is 378 g/mol. The maximum Gasteiger partial charge on any atom is 0.446 e. The van der Waals surface area contributed by atoms with Crippen molar-refractivity contribution in [3.8, 4) is 11.4 Å². The maximum atomic E-state index is 12.8. The second kappa shape index (κ2) is 5.90. The first kappa shape index (κ1) is 17.5. The van der Waals surface area contributed by atoms with E-state index in [-0.39, 0.29) is 39.2 Å². The summed E-state index contributed by atoms with van der Waals surface area (Å²) in [5.74, 6) is 0.0657. The molecule has 0 fully saturated rings. The summed E-state index contributed by atoms with van der Waals surface area (Å²) in [7, 11) is 1.47. The molecule has 0 aliphatic heterocycles. The van der Waals surface area contributed by atoms with E-state index in [0.29, 0.717) is 6.20 Å². The molecule has 25 heavy (non-hydrogen) atoms. The fourth-order valence-corrected chi connectivity index (χ4v) is 2.87. The lowest BCUT2D eigenvalue weighted by Crippen LogP contribution is -2.05. The summed E-state index contributed by atoms with van der Waals surface area (Å²) in [5, 5.41) is 0. The van der Waals surface area contributed by atoms with Crippen LogP contribution in [0.2, 0.25) is 0 Å². The van der Waals surface area contributed by atoms with Crippen LogP contribution in [-0.2, 0) is 13.2 Å². The minimum atomic E-state index is -4.59. The number of nitrogens with zero attached hydrogens (tertiary/aromatic N) is 4. The lowest BCUT2D eigenvalue weighted by Gasteiger charge is -2.10. The smallest absolute Gasteiger partial charge is 0.312 e. The first-order valence-corrected chi connectivity index (χ1v) is 7.48. The number of aromatic nitrogens is 4. The fraction of sp³-hybridized carbons (Fsp3) is 0.214. The van der Waals surface area contributed by atoms with E-state index in [1.165, 1.54) is 23.9 Å². The van der Waals surface area contributed by atoms with Gasteiger partial charge in [0.05, 0.1) is 5.56 Å². The van der Waals surface area contributed by atoms with E-state index in [2.05, 4.69) is 15.0 Å². The number of imidazole rings is 1. The Balaban J connectivity index is 2.16. The van der Waals surface area contributed by atoms with Crippen molar-refractivity contribution in [2.75, 3.05) is 0 Å². The van der Waals surface area contributed by atoms with Crippen LogP contribution >= 0.6 is 11.8 Å². The van der Waals surface area contributed by atoms with Crippen LogP contribution < -0.4 is 0 Å². The summed E-state index contributed by atoms with van der Waals surface area (Å²) in [6.07, 6.45) is -1.62. The van der Waals surface area contributed by atoms with Crippen molar-refractivity contribution < 1.29 is 26.3 Å². The van der Waals surface area contributed by atoms with Crippen molar-refractivity contribution in [2.24, 2.45) is 7.05 Å². The Morgan fingerprint density at radius 3 is 2.44 bits per heavy atom. The van der Waals surface area contributed by atoms with Crippen LogP contribution in [0.5, 0.6) is 0 Å². The molecule has 3 aromatic heterocycles. The van der Waals surface area contributed by atoms with Crippen LogP contribution in [-0.4, -0.2) is 25.0 Å². The zero-order valence-electron chi connectivity index (χ0n) is 12.4. The highest BCUT2D eigenvalue weighted by Crippen LogP contribution is 2.41. The van der Waals surface area contributed by atoms with Gasteiger partial charge in [0.15, 0.2) is 5.65 Å². The van der Waals surface area contributed by atoms with Crippen molar-refractivity contribution in [1.29, 1.82) is 0 Å². The number of halogens is 6. The highest BCUT2D eigenvalue weighted by atomic mass is 32.2. The van der Waals surface area contributed by atoms with E-state index in [0.717, 1.165) is 12.3 Å². The number of aryl methyl sites for hydroxylation is 1. The van der Waals surface area contributed by atoms with Crippen molar-refractivity contribution in [3.63, 3.8) is 0 Å². The summed E-state index contributed by atoms with van der Waals surface area (Å²) in [6.45, 7) is 0. The summed E-state index contributed by atoms with van der Waals surface area (Å²) in [6, 6.07) is 2.13. The maximum absolute atomic E-state index is 12.8. The van der Waals surface area contributed by atoms with Gasteiger partial charge in [-0.1, -0.05) is 0 Å². The van der Waals surface area contributed by atoms with Gasteiger partial charge in [-0.05, 0) is 23.9 Å². The molecule has 0 bridgehead atoms. The van der Waals surface area contributed by atoms with Gasteiger partial charge in [0, 0.05) is 36.1 Å². The lowest BCUT2D eigenvalue weighted by atomic mass is 10.2. The molecule has 0 aliphatic rings. The summed E-state index contributed by atoms with van der Waals surface area (Å²) >= 11 is -0.368. The molecule has 0 saturated carbocycles. The Hall–Kier alpha value is -2.30. The SMILES string of the molecule is Cn1c(-c2ccncc2SC(F)(F)F)nc2cc(C(F)(F)F)cnc21. The quantitative estimate of drug-likeness (QED) is 0.481. The third kappa shape index (κ3) is 3.55. The Bertz CT molecular complexity index is 931. The highest BCUT2D eigenvalue weighted by molar-refractivity contribution is 8.00. The number of alkyl halides is 6. The van der Waals surface area contributed by atoms with E-state index < -0.39 is 17.2 Å². The summed E-state index contributed by atoms with van der Waals surface area (Å²) in [5.41, 5.74) is -5.35. The molecule has 3 rings (SSSR count). The van der Waals surface area contributed by atoms with Crippen LogP contribution in [0.15, 0.2) is 35.6 Å². The zero-order chi connectivity index (χ0) is 18.4. The molecule has 0 amide bonds. The number of thioether (sulfide) groups is 1. The van der Waals surface area contributed by atoms with Crippen molar-refractivity contribution in [1.82, 2.24) is 19.5 Å². The fourth-order valence-electron chi connectivity index (χ4n) is 2.24. The highest BCUT2D eigenvalue weighted by Gasteiger charge is 2.33. The van der Waals surface area contributed by atoms with Gasteiger partial charge in [-0.25, -0.2) is 9.97 Å². The van der Waals surface area contributed by atoms with Crippen LogP contribution in [0, 0.1) is 0 Å². The molecular formula is C14H8F6N4S. The van der Waals surface area contributed by atoms with E-state index >= 15 is 0 Å². The normalized spacial score (nSPS) is 12.8. The Kier molecular flexibility index (Phi) is 4.13. The predicted molar refractivity (Wildman–Crippen MR) is 78.7 cm³/mol. The summed E-state index contributed by atoms with van der Waals surface area (Å²) in [4.78, 5) is 11.2. The third-order valence-electron chi connectivity index (χ3n) is 3.29. The molecule has 132 valence electrons. The van der Waals surface area contributed by atoms with Gasteiger partial charge >= 0.3 is 11.7 Å². The molecule has 0 saturated heterocycles. The van der Waals surface area contributed by atoms with E-state index in [4.69, 9.17) is 0 Å². The van der Waals surface area contributed by atoms with Crippen LogP contribution in [0.3, 0.4) is 0 Å². The average molecular weight is 378 g/mol. The van der Waals surface area contributed by atoms with Crippen molar-refractivity contribution >= 4 is 22.9 Å². The van der Waals surface area contributed by atoms with Gasteiger partial charge in [0.2, 0.25) is 0 Å². The Labute approximate surface area is 140 Å². The van der Waals surface area contributed by atoms with Gasteiger partial charge in [-0.15, -0.1) is 0 Å². The number of pyridine rings is 2. The largest absolute Gasteiger partial charge is 0.446 e. The molecule has 0 aromatic carbocycles. The molecule has 0 N–H and O–H groups in total. The minimum absolute atomic E-state index is 0.0629. The van der Waals surface area contributed by atoms with Gasteiger partial charge < -0.3 is 4.57 Å². The van der Waals surface area contributed by atoms with Crippen LogP contribution in [0.1, 0.15) is 5.56 Å². The minimum Gasteiger partial charge on any atom is -0.312 e. The second-order valence-corrected chi connectivity index (χ2v) is 6.09. The Morgan fingerprint density at radius 1 is 1.08 bits per heavy atom. The molecule has 0 unspecified atom stereocenters. The van der Waals surface area contributed by atoms with E-state index in [1.807, 2.05) is 0 Å². The van der Waals surface area contributed by atoms with E-state index in [1.54, 1.807) is 0 Å². The topological polar surface area (TPSA) is 43.6 Å². The van der Waals surface area contributed by atoms with Gasteiger partial charge in [-0.2, -0.15) is 26.3 Å². The van der Waals surface area contributed by atoms with Gasteiger partial charge in [0.25, 0.3) is 0 Å². The molecule has 0 spiro atoms. The molecule has 4 nitrogen and oxygen atoms in total. The number of rotatable bonds is 2. The number of hydrogen-bond acceptors (Lipinski definition) is 4. The lowest BCUT2D eigenvalue weighted by molar-refractivity contribution is -0.137. The molecular weight excluding hydrogens is 370 g/mol. The average Bonchev–Trinajstić information content (AvgIpc) is 2.82. The number of fused-ring (bicyclic) bond motifs is 1. The van der Waals surface area contributed by atoms with Crippen molar-refractivity contribution in [3.05, 3.63) is 36.3 Å². The van der Waals surface area contributed by atoms with Gasteiger partial charge in [-0.3, -0.25) is 4.98 Å². The van der Waals surface area contributed by atoms with Crippen LogP contribution in [0.4, 0.5) is 26.3 Å².